The van der Waals surface area contributed by atoms with E-state index in [9.17, 15) is 33.1 Å². The second kappa shape index (κ2) is 9.38. The van der Waals surface area contributed by atoms with Crippen LogP contribution in [0.3, 0.4) is 0 Å². The van der Waals surface area contributed by atoms with Gasteiger partial charge in [0, 0.05) is 24.7 Å². The number of carboxylic acids is 1. The zero-order chi connectivity index (χ0) is 27.9. The molecule has 5 aromatic rings. The maximum atomic E-state index is 14.2. The summed E-state index contributed by atoms with van der Waals surface area (Å²) in [6.45, 7) is 0. The van der Waals surface area contributed by atoms with Gasteiger partial charge in [-0.25, -0.2) is 9.48 Å². The minimum Gasteiger partial charge on any atom is -0.477 e. The van der Waals surface area contributed by atoms with Crippen molar-refractivity contribution in [1.29, 1.82) is 5.26 Å². The summed E-state index contributed by atoms with van der Waals surface area (Å²) in [6.07, 6.45) is -1.51. The first-order chi connectivity index (χ1) is 18.6. The summed E-state index contributed by atoms with van der Waals surface area (Å²) in [4.78, 5) is 32.5. The third-order valence-corrected chi connectivity index (χ3v) is 5.74. The lowest BCUT2D eigenvalue weighted by atomic mass is 10.1. The lowest BCUT2D eigenvalue weighted by Crippen LogP contribution is -2.21. The monoisotopic (exact) mass is 532 g/mol. The summed E-state index contributed by atoms with van der Waals surface area (Å²) < 4.78 is 44.4. The number of nitriles is 1. The highest BCUT2D eigenvalue weighted by atomic mass is 19.4. The summed E-state index contributed by atoms with van der Waals surface area (Å²) in [5.41, 5.74) is -1.68. The van der Waals surface area contributed by atoms with E-state index < -0.39 is 29.3 Å². The highest BCUT2D eigenvalue weighted by Gasteiger charge is 2.41. The normalized spacial score (nSPS) is 11.4. The number of halogens is 3. The van der Waals surface area contributed by atoms with E-state index in [2.05, 4.69) is 25.5 Å². The van der Waals surface area contributed by atoms with Crippen LogP contribution in [0.1, 0.15) is 32.1 Å². The van der Waals surface area contributed by atoms with E-state index >= 15 is 0 Å². The number of aryl methyl sites for hydroxylation is 1. The van der Waals surface area contributed by atoms with Crippen LogP contribution in [-0.2, 0) is 13.2 Å². The van der Waals surface area contributed by atoms with Gasteiger partial charge in [0.25, 0.3) is 5.91 Å². The number of rotatable bonds is 5. The van der Waals surface area contributed by atoms with E-state index in [1.165, 1.54) is 37.5 Å². The van der Waals surface area contributed by atoms with Crippen molar-refractivity contribution in [2.75, 3.05) is 5.32 Å². The van der Waals surface area contributed by atoms with Crippen LogP contribution in [0.4, 0.5) is 18.9 Å². The fraction of sp³-hybridized carbons (Fsp3) is 0.0800. The smallest absolute Gasteiger partial charge is 0.434 e. The average molecular weight is 532 g/mol. The van der Waals surface area contributed by atoms with Gasteiger partial charge in [0.1, 0.15) is 23.2 Å². The van der Waals surface area contributed by atoms with Gasteiger partial charge in [-0.05, 0) is 30.3 Å². The van der Waals surface area contributed by atoms with Crippen LogP contribution >= 0.6 is 0 Å². The van der Waals surface area contributed by atoms with Gasteiger partial charge < -0.3 is 10.4 Å². The Morgan fingerprint density at radius 1 is 1.10 bits per heavy atom. The average Bonchev–Trinajstić information content (AvgIpc) is 3.52. The van der Waals surface area contributed by atoms with E-state index in [1.54, 1.807) is 18.2 Å². The zero-order valence-electron chi connectivity index (χ0n) is 19.8. The summed E-state index contributed by atoms with van der Waals surface area (Å²) in [7, 11) is 1.40. The number of pyridine rings is 2. The first-order valence-electron chi connectivity index (χ1n) is 11.1. The lowest BCUT2D eigenvalue weighted by Gasteiger charge is -2.14. The molecule has 0 bridgehead atoms. The van der Waals surface area contributed by atoms with Crippen LogP contribution in [-0.4, -0.2) is 46.5 Å². The summed E-state index contributed by atoms with van der Waals surface area (Å²) in [6, 6.07) is 12.1. The van der Waals surface area contributed by atoms with Gasteiger partial charge >= 0.3 is 12.1 Å². The molecule has 0 atom stereocenters. The summed E-state index contributed by atoms with van der Waals surface area (Å²) in [5, 5.41) is 29.4. The topological polar surface area (TPSA) is 152 Å². The molecule has 0 fully saturated rings. The molecule has 1 aromatic carbocycles. The number of amides is 1. The van der Waals surface area contributed by atoms with Crippen LogP contribution in [0.2, 0.25) is 0 Å². The van der Waals surface area contributed by atoms with Crippen molar-refractivity contribution in [3.8, 4) is 23.1 Å². The fourth-order valence-corrected chi connectivity index (χ4v) is 4.05. The Kier molecular flexibility index (Phi) is 6.03. The highest BCUT2D eigenvalue weighted by molar-refractivity contribution is 6.05. The molecule has 0 aliphatic heterocycles. The van der Waals surface area contributed by atoms with Crippen LogP contribution < -0.4 is 5.32 Å². The minimum atomic E-state index is -4.95. The van der Waals surface area contributed by atoms with Gasteiger partial charge in [0.2, 0.25) is 0 Å². The number of carbonyl (C=O) groups is 2. The summed E-state index contributed by atoms with van der Waals surface area (Å²) in [5.74, 6) is -2.37. The molecule has 0 saturated carbocycles. The number of aromatic carboxylic acids is 1. The van der Waals surface area contributed by atoms with Gasteiger partial charge in [-0.3, -0.25) is 19.4 Å². The molecular formula is C25H15F3N8O3. The third kappa shape index (κ3) is 4.53. The highest BCUT2D eigenvalue weighted by Crippen LogP contribution is 2.35. The van der Waals surface area contributed by atoms with Crippen LogP contribution in [0.5, 0.6) is 0 Å². The Labute approximate surface area is 216 Å². The molecule has 1 amide bonds. The number of anilines is 1. The Morgan fingerprint density at radius 2 is 1.90 bits per heavy atom. The van der Waals surface area contributed by atoms with Gasteiger partial charge in [0.15, 0.2) is 5.69 Å². The first kappa shape index (κ1) is 25.1. The number of carbonyl (C=O) groups excluding carboxylic acids is 1. The molecule has 0 saturated heterocycles. The number of nitrogens with zero attached hydrogens (tertiary/aromatic N) is 7. The van der Waals surface area contributed by atoms with E-state index in [4.69, 9.17) is 0 Å². The second-order valence-corrected chi connectivity index (χ2v) is 8.19. The molecule has 14 heteroatoms. The van der Waals surface area contributed by atoms with Crippen molar-refractivity contribution < 1.29 is 27.9 Å². The largest absolute Gasteiger partial charge is 0.477 e. The van der Waals surface area contributed by atoms with Crippen molar-refractivity contribution in [2.24, 2.45) is 7.05 Å². The van der Waals surface area contributed by atoms with Crippen molar-refractivity contribution >= 4 is 28.5 Å². The molecule has 0 radical (unpaired) electrons. The predicted molar refractivity (Wildman–Crippen MR) is 130 cm³/mol. The van der Waals surface area contributed by atoms with E-state index in [1.807, 2.05) is 6.07 Å². The number of hydrogen-bond donors (Lipinski definition) is 2. The van der Waals surface area contributed by atoms with E-state index in [0.29, 0.717) is 15.6 Å². The first-order valence-corrected chi connectivity index (χ1v) is 11.1. The van der Waals surface area contributed by atoms with Gasteiger partial charge in [-0.15, -0.1) is 0 Å². The molecule has 194 valence electrons. The maximum Gasteiger partial charge on any atom is 0.434 e. The summed E-state index contributed by atoms with van der Waals surface area (Å²) >= 11 is 0. The van der Waals surface area contributed by atoms with Gasteiger partial charge in [0.05, 0.1) is 40.4 Å². The Hall–Kier alpha value is -5.58. The van der Waals surface area contributed by atoms with Gasteiger partial charge in [-0.2, -0.15) is 28.6 Å². The zero-order valence-corrected chi connectivity index (χ0v) is 19.8. The van der Waals surface area contributed by atoms with Gasteiger partial charge in [-0.1, -0.05) is 6.07 Å². The van der Waals surface area contributed by atoms with Crippen molar-refractivity contribution in [3.05, 3.63) is 83.6 Å². The molecule has 4 aromatic heterocycles. The Bertz CT molecular complexity index is 1810. The van der Waals surface area contributed by atoms with Crippen molar-refractivity contribution in [2.45, 2.75) is 6.18 Å². The predicted octanol–water partition coefficient (Wildman–Crippen LogP) is 4.06. The van der Waals surface area contributed by atoms with Crippen LogP contribution in [0.15, 0.2) is 61.1 Å². The second-order valence-electron chi connectivity index (χ2n) is 8.19. The fourth-order valence-electron chi connectivity index (χ4n) is 4.05. The molecule has 39 heavy (non-hydrogen) atoms. The molecule has 11 nitrogen and oxygen atoms in total. The van der Waals surface area contributed by atoms with E-state index in [-0.39, 0.29) is 34.0 Å². The number of aromatic nitrogens is 6. The molecule has 2 N–H and O–H groups in total. The third-order valence-electron chi connectivity index (χ3n) is 5.74. The number of hydrogen-bond acceptors (Lipinski definition) is 7. The lowest BCUT2D eigenvalue weighted by molar-refractivity contribution is -0.143. The van der Waals surface area contributed by atoms with Crippen molar-refractivity contribution in [3.63, 3.8) is 0 Å². The Balaban J connectivity index is 1.51. The quantitative estimate of drug-likeness (QED) is 0.344. The van der Waals surface area contributed by atoms with Crippen LogP contribution in [0.25, 0.3) is 28.0 Å². The Morgan fingerprint density at radius 3 is 2.59 bits per heavy atom. The minimum absolute atomic E-state index is 0.0342. The molecule has 0 spiro atoms. The molecular weight excluding hydrogens is 517 g/mol. The molecule has 0 unspecified atom stereocenters. The molecule has 0 aliphatic rings. The number of alkyl halides is 3. The number of carboxylic acid groups (broad SMARTS) is 1. The SMILES string of the molecule is Cn1nc(-c2ncc(NC(=O)c3cnn(-c4cccc5ncccc45)c3C(F)(F)F)cc2C#N)cc1C(=O)O. The molecule has 4 heterocycles. The standard InChI is InChI=1S/C25H15F3N8O3/c1-35-20(24(38)39)9-18(34-35)21-13(10-29)8-14(11-31-21)33-23(37)16-12-32-36(22(16)25(26,27)28)19-6-2-5-17-15(19)4-3-7-30-17/h2-9,11-12H,1H3,(H,33,37)(H,38,39). The number of benzene rings is 1. The molecule has 0 aliphatic carbocycles. The van der Waals surface area contributed by atoms with Crippen molar-refractivity contribution in [1.82, 2.24) is 29.5 Å². The number of nitrogens with one attached hydrogen (secondary N) is 1. The number of fused-ring (bicyclic) bond motifs is 1. The van der Waals surface area contributed by atoms with E-state index in [0.717, 1.165) is 17.1 Å². The van der Waals surface area contributed by atoms with Crippen LogP contribution in [0, 0.1) is 11.3 Å². The molecule has 5 rings (SSSR count). The maximum absolute atomic E-state index is 14.2.